The largest absolute Gasteiger partial charge is 0.459 e. The molecule has 0 fully saturated rings. The number of alkyl halides is 1. The van der Waals surface area contributed by atoms with Crippen molar-refractivity contribution in [2.24, 2.45) is 0 Å². The lowest BCUT2D eigenvalue weighted by molar-refractivity contribution is 0.0866. The summed E-state index contributed by atoms with van der Waals surface area (Å²) in [6.45, 7) is 2.33. The second-order valence-corrected chi connectivity index (χ2v) is 3.48. The lowest BCUT2D eigenvalue weighted by Gasteiger charge is -2.21. The van der Waals surface area contributed by atoms with E-state index in [1.807, 2.05) is 6.07 Å². The monoisotopic (exact) mass is 195 g/mol. The summed E-state index contributed by atoms with van der Waals surface area (Å²) >= 11 is 0. The molecule has 1 aromatic carbocycles. The van der Waals surface area contributed by atoms with Gasteiger partial charge in [0.2, 0.25) is 6.36 Å². The van der Waals surface area contributed by atoms with Crippen molar-refractivity contribution in [3.63, 3.8) is 0 Å². The van der Waals surface area contributed by atoms with Gasteiger partial charge in [-0.2, -0.15) is 0 Å². The van der Waals surface area contributed by atoms with Crippen LogP contribution in [0.2, 0.25) is 0 Å². The Morgan fingerprint density at radius 2 is 2.36 bits per heavy atom. The van der Waals surface area contributed by atoms with Crippen LogP contribution < -0.4 is 10.1 Å². The summed E-state index contributed by atoms with van der Waals surface area (Å²) in [4.78, 5) is 0. The number of rotatable bonds is 2. The van der Waals surface area contributed by atoms with Crippen LogP contribution in [0, 0.1) is 0 Å². The molecule has 0 amide bonds. The van der Waals surface area contributed by atoms with Gasteiger partial charge >= 0.3 is 0 Å². The molecule has 1 aliphatic rings. The highest BCUT2D eigenvalue weighted by Crippen LogP contribution is 2.32. The van der Waals surface area contributed by atoms with Gasteiger partial charge in [-0.25, -0.2) is 4.39 Å². The molecule has 1 unspecified atom stereocenters. The van der Waals surface area contributed by atoms with E-state index in [1.165, 1.54) is 12.5 Å². The van der Waals surface area contributed by atoms with Crippen molar-refractivity contribution in [1.29, 1.82) is 0 Å². The van der Waals surface area contributed by atoms with Crippen molar-refractivity contribution in [1.82, 2.24) is 0 Å². The van der Waals surface area contributed by atoms with E-state index < -0.39 is 6.36 Å². The standard InChI is InChI=1S/C11H14FNO/c1-8(12)14-10-6-2-4-9-5-3-7-13-11(9)10/h2,4,6,8,13H,3,5,7H2,1H3. The average Bonchev–Trinajstić information content (AvgIpc) is 2.18. The fourth-order valence-electron chi connectivity index (χ4n) is 1.75. The number of benzene rings is 1. The Morgan fingerprint density at radius 3 is 3.14 bits per heavy atom. The summed E-state index contributed by atoms with van der Waals surface area (Å²) in [6.07, 6.45) is 0.909. The van der Waals surface area contributed by atoms with E-state index in [0.717, 1.165) is 25.1 Å². The number of hydrogen-bond donors (Lipinski definition) is 1. The molecule has 1 aliphatic heterocycles. The second kappa shape index (κ2) is 3.86. The van der Waals surface area contributed by atoms with Crippen LogP contribution in [0.3, 0.4) is 0 Å². The normalized spacial score (nSPS) is 16.7. The van der Waals surface area contributed by atoms with Crippen LogP contribution in [0.25, 0.3) is 0 Å². The Morgan fingerprint density at radius 1 is 1.50 bits per heavy atom. The van der Waals surface area contributed by atoms with E-state index in [0.29, 0.717) is 5.75 Å². The minimum absolute atomic E-state index is 0.622. The molecule has 0 aliphatic carbocycles. The van der Waals surface area contributed by atoms with Gasteiger partial charge in [-0.05, 0) is 24.5 Å². The second-order valence-electron chi connectivity index (χ2n) is 3.48. The topological polar surface area (TPSA) is 21.3 Å². The Labute approximate surface area is 83.1 Å². The lowest BCUT2D eigenvalue weighted by Crippen LogP contribution is -2.14. The van der Waals surface area contributed by atoms with Gasteiger partial charge in [0.05, 0.1) is 5.69 Å². The third-order valence-corrected chi connectivity index (χ3v) is 2.33. The number of halogens is 1. The minimum atomic E-state index is -1.26. The molecule has 0 radical (unpaired) electrons. The molecule has 1 N–H and O–H groups in total. The summed E-state index contributed by atoms with van der Waals surface area (Å²) in [5.41, 5.74) is 2.18. The maximum Gasteiger partial charge on any atom is 0.235 e. The Hall–Kier alpha value is -1.25. The van der Waals surface area contributed by atoms with E-state index in [9.17, 15) is 4.39 Å². The molecule has 0 saturated carbocycles. The van der Waals surface area contributed by atoms with Gasteiger partial charge in [0.1, 0.15) is 5.75 Å². The van der Waals surface area contributed by atoms with E-state index in [4.69, 9.17) is 4.74 Å². The predicted octanol–water partition coefficient (Wildman–Crippen LogP) is 2.74. The van der Waals surface area contributed by atoms with Crippen LogP contribution in [0.5, 0.6) is 5.75 Å². The number of anilines is 1. The fourth-order valence-corrected chi connectivity index (χ4v) is 1.75. The van der Waals surface area contributed by atoms with Gasteiger partial charge in [-0.3, -0.25) is 0 Å². The van der Waals surface area contributed by atoms with Gasteiger partial charge in [-0.1, -0.05) is 12.1 Å². The van der Waals surface area contributed by atoms with Gasteiger partial charge < -0.3 is 10.1 Å². The number of para-hydroxylation sites is 1. The van der Waals surface area contributed by atoms with Crippen molar-refractivity contribution in [2.75, 3.05) is 11.9 Å². The first-order chi connectivity index (χ1) is 6.77. The van der Waals surface area contributed by atoms with Crippen LogP contribution in [0.4, 0.5) is 10.1 Å². The summed E-state index contributed by atoms with van der Waals surface area (Å²) < 4.78 is 17.8. The summed E-state index contributed by atoms with van der Waals surface area (Å²) in [7, 11) is 0. The van der Waals surface area contributed by atoms with Crippen LogP contribution in [0.15, 0.2) is 18.2 Å². The van der Waals surface area contributed by atoms with Gasteiger partial charge in [-0.15, -0.1) is 0 Å². The molecule has 0 aromatic heterocycles. The third-order valence-electron chi connectivity index (χ3n) is 2.33. The minimum Gasteiger partial charge on any atom is -0.459 e. The maximum atomic E-state index is 12.7. The Kier molecular flexibility index (Phi) is 2.57. The molecule has 0 bridgehead atoms. The van der Waals surface area contributed by atoms with Crippen molar-refractivity contribution >= 4 is 5.69 Å². The lowest BCUT2D eigenvalue weighted by atomic mass is 10.0. The van der Waals surface area contributed by atoms with Gasteiger partial charge in [0.15, 0.2) is 0 Å². The highest BCUT2D eigenvalue weighted by Gasteiger charge is 2.14. The molecule has 0 saturated heterocycles. The molecule has 14 heavy (non-hydrogen) atoms. The number of fused-ring (bicyclic) bond motifs is 1. The molecule has 0 spiro atoms. The highest BCUT2D eigenvalue weighted by molar-refractivity contribution is 5.63. The highest BCUT2D eigenvalue weighted by atomic mass is 19.1. The zero-order valence-corrected chi connectivity index (χ0v) is 8.22. The molecule has 1 aromatic rings. The van der Waals surface area contributed by atoms with Gasteiger partial charge in [0, 0.05) is 13.5 Å². The zero-order chi connectivity index (χ0) is 9.97. The smallest absolute Gasteiger partial charge is 0.235 e. The van der Waals surface area contributed by atoms with Crippen molar-refractivity contribution < 1.29 is 9.13 Å². The van der Waals surface area contributed by atoms with E-state index in [1.54, 1.807) is 6.07 Å². The van der Waals surface area contributed by atoms with Crippen LogP contribution in [-0.2, 0) is 6.42 Å². The van der Waals surface area contributed by atoms with E-state index in [-0.39, 0.29) is 0 Å². The van der Waals surface area contributed by atoms with E-state index >= 15 is 0 Å². The number of ether oxygens (including phenoxy) is 1. The average molecular weight is 195 g/mol. The molecule has 3 heteroatoms. The number of nitrogens with one attached hydrogen (secondary N) is 1. The van der Waals surface area contributed by atoms with Crippen molar-refractivity contribution in [2.45, 2.75) is 26.1 Å². The maximum absolute atomic E-state index is 12.7. The molecular formula is C11H14FNO. The van der Waals surface area contributed by atoms with E-state index in [2.05, 4.69) is 11.4 Å². The van der Waals surface area contributed by atoms with Crippen LogP contribution >= 0.6 is 0 Å². The quantitative estimate of drug-likeness (QED) is 0.783. The first-order valence-electron chi connectivity index (χ1n) is 4.94. The summed E-state index contributed by atoms with van der Waals surface area (Å²) in [6, 6.07) is 5.76. The first kappa shape index (κ1) is 9.31. The van der Waals surface area contributed by atoms with Gasteiger partial charge in [0.25, 0.3) is 0 Å². The molecule has 76 valence electrons. The predicted molar refractivity (Wildman–Crippen MR) is 54.5 cm³/mol. The zero-order valence-electron chi connectivity index (χ0n) is 8.22. The SMILES string of the molecule is CC(F)Oc1cccc2c1NCCC2. The van der Waals surface area contributed by atoms with Crippen LogP contribution in [0.1, 0.15) is 18.9 Å². The molecule has 1 atom stereocenters. The third kappa shape index (κ3) is 1.81. The summed E-state index contributed by atoms with van der Waals surface area (Å²) in [5, 5.41) is 3.24. The number of hydrogen-bond acceptors (Lipinski definition) is 2. The van der Waals surface area contributed by atoms with Crippen LogP contribution in [-0.4, -0.2) is 12.9 Å². The molecular weight excluding hydrogens is 181 g/mol. The molecule has 1 heterocycles. The number of aryl methyl sites for hydroxylation is 1. The van der Waals surface area contributed by atoms with Crippen molar-refractivity contribution in [3.8, 4) is 5.75 Å². The Balaban J connectivity index is 2.30. The molecule has 2 rings (SSSR count). The van der Waals surface area contributed by atoms with Crippen molar-refractivity contribution in [3.05, 3.63) is 23.8 Å². The first-order valence-corrected chi connectivity index (χ1v) is 4.94. The summed E-state index contributed by atoms with van der Waals surface area (Å²) in [5.74, 6) is 0.622. The molecule has 2 nitrogen and oxygen atoms in total. The fraction of sp³-hybridized carbons (Fsp3) is 0.455. The Bertz CT molecular complexity index is 325.